The number of hydrogen-bond acceptors (Lipinski definition) is 8. The van der Waals surface area contributed by atoms with Gasteiger partial charge in [-0.2, -0.15) is 5.10 Å². The predicted molar refractivity (Wildman–Crippen MR) is 145 cm³/mol. The number of nitro groups is 1. The fraction of sp³-hybridized carbons (Fsp3) is 0.111. The normalized spacial score (nSPS) is 11.3. The van der Waals surface area contributed by atoms with Crippen LogP contribution in [0.15, 0.2) is 105 Å². The van der Waals surface area contributed by atoms with Gasteiger partial charge in [0.2, 0.25) is 0 Å². The van der Waals surface area contributed by atoms with Crippen LogP contribution in [0.25, 0.3) is 11.3 Å². The average Bonchev–Trinajstić information content (AvgIpc) is 3.42. The molecule has 39 heavy (non-hydrogen) atoms. The third-order valence-electron chi connectivity index (χ3n) is 5.42. The molecule has 0 aliphatic rings. The van der Waals surface area contributed by atoms with Gasteiger partial charge in [-0.1, -0.05) is 30.3 Å². The van der Waals surface area contributed by atoms with E-state index < -0.39 is 27.4 Å². The molecular weight excluding hydrogens is 524 g/mol. The Labute approximate surface area is 224 Å². The van der Waals surface area contributed by atoms with Gasteiger partial charge in [0, 0.05) is 17.7 Å². The quantitative estimate of drug-likeness (QED) is 0.164. The van der Waals surface area contributed by atoms with Crippen molar-refractivity contribution in [2.24, 2.45) is 5.10 Å². The maximum atomic E-state index is 13.5. The maximum Gasteiger partial charge on any atom is 0.269 e. The Morgan fingerprint density at radius 2 is 1.72 bits per heavy atom. The van der Waals surface area contributed by atoms with E-state index in [4.69, 9.17) is 9.15 Å². The van der Waals surface area contributed by atoms with Crippen LogP contribution in [-0.4, -0.2) is 38.6 Å². The first-order valence-electron chi connectivity index (χ1n) is 11.8. The van der Waals surface area contributed by atoms with Gasteiger partial charge in [0.25, 0.3) is 21.6 Å². The van der Waals surface area contributed by atoms with E-state index in [1.165, 1.54) is 30.5 Å². The molecule has 0 saturated carbocycles. The number of sulfonamides is 1. The van der Waals surface area contributed by atoms with E-state index in [0.717, 1.165) is 4.31 Å². The molecule has 1 heterocycles. The summed E-state index contributed by atoms with van der Waals surface area (Å²) in [5, 5.41) is 14.7. The first-order valence-corrected chi connectivity index (χ1v) is 13.2. The van der Waals surface area contributed by atoms with Crippen molar-refractivity contribution in [1.82, 2.24) is 5.43 Å². The average molecular weight is 549 g/mol. The number of nitro benzene ring substituents is 1. The van der Waals surface area contributed by atoms with Crippen molar-refractivity contribution < 1.29 is 27.3 Å². The summed E-state index contributed by atoms with van der Waals surface area (Å²) in [6.45, 7) is 1.51. The SMILES string of the molecule is CCOc1ccccc1N(CC(=O)N/N=C\c1ccc(-c2ccc([N+](=O)[O-])cc2)o1)S(=O)(=O)c1ccccc1. The Morgan fingerprint density at radius 3 is 2.41 bits per heavy atom. The standard InChI is InChI=1S/C27H24N4O7S/c1-2-37-26-11-7-6-10-24(26)30(39(35,36)23-8-4-3-5-9-23)19-27(32)29-28-18-22-16-17-25(38-22)20-12-14-21(15-13-20)31(33)34/h3-18H,2,19H2,1H3,(H,29,32)/b28-18-. The second-order valence-electron chi connectivity index (χ2n) is 8.02. The molecule has 11 nitrogen and oxygen atoms in total. The van der Waals surface area contributed by atoms with E-state index >= 15 is 0 Å². The highest BCUT2D eigenvalue weighted by Crippen LogP contribution is 2.32. The maximum absolute atomic E-state index is 13.5. The first kappa shape index (κ1) is 27.1. The minimum atomic E-state index is -4.12. The molecule has 200 valence electrons. The van der Waals surface area contributed by atoms with Gasteiger partial charge in [-0.25, -0.2) is 13.8 Å². The number of nitrogens with zero attached hydrogens (tertiary/aromatic N) is 3. The summed E-state index contributed by atoms with van der Waals surface area (Å²) in [7, 11) is -4.12. The number of hydrogen-bond donors (Lipinski definition) is 1. The summed E-state index contributed by atoms with van der Waals surface area (Å²) in [4.78, 5) is 23.2. The molecule has 0 saturated heterocycles. The van der Waals surface area contributed by atoms with Crippen molar-refractivity contribution in [3.63, 3.8) is 0 Å². The van der Waals surface area contributed by atoms with Crippen LogP contribution in [0.3, 0.4) is 0 Å². The number of amides is 1. The number of rotatable bonds is 11. The molecule has 0 spiro atoms. The monoisotopic (exact) mass is 548 g/mol. The summed E-state index contributed by atoms with van der Waals surface area (Å²) < 4.78 is 39.3. The lowest BCUT2D eigenvalue weighted by atomic mass is 10.1. The molecule has 0 aliphatic carbocycles. The molecule has 0 fully saturated rings. The molecular formula is C27H24N4O7S. The molecule has 12 heteroatoms. The zero-order valence-corrected chi connectivity index (χ0v) is 21.6. The lowest BCUT2D eigenvalue weighted by Gasteiger charge is -2.25. The van der Waals surface area contributed by atoms with Gasteiger partial charge >= 0.3 is 0 Å². The van der Waals surface area contributed by atoms with Crippen LogP contribution in [0.2, 0.25) is 0 Å². The van der Waals surface area contributed by atoms with Gasteiger partial charge in [0.05, 0.1) is 28.3 Å². The fourth-order valence-corrected chi connectivity index (χ4v) is 5.07. The predicted octanol–water partition coefficient (Wildman–Crippen LogP) is 4.60. The van der Waals surface area contributed by atoms with Gasteiger partial charge in [0.15, 0.2) is 0 Å². The zero-order chi connectivity index (χ0) is 27.8. The molecule has 0 bridgehead atoms. The van der Waals surface area contributed by atoms with Crippen molar-refractivity contribution in [1.29, 1.82) is 0 Å². The van der Waals surface area contributed by atoms with E-state index in [9.17, 15) is 23.3 Å². The molecule has 1 N–H and O–H groups in total. The van der Waals surface area contributed by atoms with E-state index in [-0.39, 0.29) is 16.3 Å². The molecule has 0 unspecified atom stereocenters. The third kappa shape index (κ3) is 6.48. The second-order valence-corrected chi connectivity index (χ2v) is 9.89. The molecule has 0 aliphatic heterocycles. The lowest BCUT2D eigenvalue weighted by Crippen LogP contribution is -2.39. The summed E-state index contributed by atoms with van der Waals surface area (Å²) in [5.41, 5.74) is 3.12. The summed E-state index contributed by atoms with van der Waals surface area (Å²) in [5.74, 6) is 0.369. The van der Waals surface area contributed by atoms with Crippen LogP contribution >= 0.6 is 0 Å². The number of benzene rings is 3. The second kappa shape index (κ2) is 12.0. The molecule has 1 aromatic heterocycles. The Balaban J connectivity index is 1.51. The van der Waals surface area contributed by atoms with Crippen LogP contribution in [0.5, 0.6) is 5.75 Å². The van der Waals surface area contributed by atoms with Crippen LogP contribution in [-0.2, 0) is 14.8 Å². The van der Waals surface area contributed by atoms with Crippen molar-refractivity contribution in [2.45, 2.75) is 11.8 Å². The number of anilines is 1. The Kier molecular flexibility index (Phi) is 8.37. The minimum absolute atomic E-state index is 0.0157. The minimum Gasteiger partial charge on any atom is -0.492 e. The summed E-state index contributed by atoms with van der Waals surface area (Å²) in [6.07, 6.45) is 1.26. The number of ether oxygens (including phenoxy) is 1. The highest BCUT2D eigenvalue weighted by molar-refractivity contribution is 7.92. The van der Waals surface area contributed by atoms with Crippen molar-refractivity contribution in [3.8, 4) is 17.1 Å². The Hall–Kier alpha value is -4.97. The number of carbonyl (C=O) groups is 1. The number of carbonyl (C=O) groups excluding carboxylic acids is 1. The van der Waals surface area contributed by atoms with Gasteiger partial charge < -0.3 is 9.15 Å². The molecule has 0 radical (unpaired) electrons. The number of nitrogens with one attached hydrogen (secondary N) is 1. The molecule has 3 aromatic carbocycles. The van der Waals surface area contributed by atoms with Crippen LogP contribution in [0, 0.1) is 10.1 Å². The highest BCUT2D eigenvalue weighted by Gasteiger charge is 2.29. The number of para-hydroxylation sites is 2. The van der Waals surface area contributed by atoms with E-state index in [0.29, 0.717) is 29.4 Å². The fourth-order valence-electron chi connectivity index (χ4n) is 3.62. The van der Waals surface area contributed by atoms with Gasteiger partial charge in [-0.15, -0.1) is 0 Å². The highest BCUT2D eigenvalue weighted by atomic mass is 32.2. The molecule has 0 atom stereocenters. The smallest absolute Gasteiger partial charge is 0.269 e. The Morgan fingerprint density at radius 1 is 1.03 bits per heavy atom. The van der Waals surface area contributed by atoms with Crippen molar-refractivity contribution in [2.75, 3.05) is 17.5 Å². The largest absolute Gasteiger partial charge is 0.492 e. The third-order valence-corrected chi connectivity index (χ3v) is 7.20. The molecule has 4 aromatic rings. The van der Waals surface area contributed by atoms with Crippen molar-refractivity contribution in [3.05, 3.63) is 107 Å². The van der Waals surface area contributed by atoms with Crippen LogP contribution in [0.4, 0.5) is 11.4 Å². The van der Waals surface area contributed by atoms with Gasteiger partial charge in [-0.3, -0.25) is 19.2 Å². The van der Waals surface area contributed by atoms with Crippen molar-refractivity contribution >= 4 is 33.5 Å². The lowest BCUT2D eigenvalue weighted by molar-refractivity contribution is -0.384. The summed E-state index contributed by atoms with van der Waals surface area (Å²) in [6, 6.07) is 23.4. The molecule has 1 amide bonds. The topological polar surface area (TPSA) is 144 Å². The van der Waals surface area contributed by atoms with Crippen LogP contribution in [0.1, 0.15) is 12.7 Å². The first-order chi connectivity index (χ1) is 18.8. The number of hydrazone groups is 1. The zero-order valence-electron chi connectivity index (χ0n) is 20.8. The number of furan rings is 1. The van der Waals surface area contributed by atoms with Crippen LogP contribution < -0.4 is 14.5 Å². The number of non-ortho nitro benzene ring substituents is 1. The van der Waals surface area contributed by atoms with E-state index in [2.05, 4.69) is 10.5 Å². The van der Waals surface area contributed by atoms with Gasteiger partial charge in [0.1, 0.15) is 23.8 Å². The van der Waals surface area contributed by atoms with E-state index in [1.807, 2.05) is 0 Å². The molecule has 4 rings (SSSR count). The van der Waals surface area contributed by atoms with E-state index in [1.54, 1.807) is 73.7 Å². The Bertz CT molecular complexity index is 1580. The van der Waals surface area contributed by atoms with Gasteiger partial charge in [-0.05, 0) is 55.5 Å². The summed E-state index contributed by atoms with van der Waals surface area (Å²) >= 11 is 0.